The topological polar surface area (TPSA) is 58.4 Å². The Balaban J connectivity index is 1.85. The maximum Gasteiger partial charge on any atom is 0.238 e. The molecule has 0 aromatic rings. The van der Waals surface area contributed by atoms with E-state index in [4.69, 9.17) is 5.73 Å². The van der Waals surface area contributed by atoms with Crippen LogP contribution in [0.5, 0.6) is 0 Å². The molecule has 4 nitrogen and oxygen atoms in total. The van der Waals surface area contributed by atoms with Crippen LogP contribution in [0.2, 0.25) is 0 Å². The van der Waals surface area contributed by atoms with Gasteiger partial charge in [-0.1, -0.05) is 26.7 Å². The second-order valence-corrected chi connectivity index (χ2v) is 6.94. The summed E-state index contributed by atoms with van der Waals surface area (Å²) in [5.74, 6) is 1.20. The van der Waals surface area contributed by atoms with Crippen molar-refractivity contribution < 1.29 is 4.79 Å². The molecule has 1 amide bonds. The van der Waals surface area contributed by atoms with Crippen molar-refractivity contribution >= 4 is 5.91 Å². The van der Waals surface area contributed by atoms with Crippen molar-refractivity contribution in [3.05, 3.63) is 0 Å². The van der Waals surface area contributed by atoms with Crippen LogP contribution in [0.3, 0.4) is 0 Å². The van der Waals surface area contributed by atoms with E-state index in [1.807, 2.05) is 0 Å². The minimum Gasteiger partial charge on any atom is -0.368 e. The second kappa shape index (κ2) is 7.59. The van der Waals surface area contributed by atoms with Crippen LogP contribution in [0.1, 0.15) is 58.8 Å². The minimum absolute atomic E-state index is 0.142. The van der Waals surface area contributed by atoms with Crippen molar-refractivity contribution in [3.8, 4) is 0 Å². The van der Waals surface area contributed by atoms with E-state index in [1.54, 1.807) is 0 Å². The molecule has 2 atom stereocenters. The van der Waals surface area contributed by atoms with Gasteiger partial charge >= 0.3 is 0 Å². The lowest BCUT2D eigenvalue weighted by atomic mass is 9.83. The molecule has 1 saturated heterocycles. The summed E-state index contributed by atoms with van der Waals surface area (Å²) in [5, 5.41) is 3.42. The molecular formula is C17H33N3O. The number of nitrogens with two attached hydrogens (primary N) is 1. The van der Waals surface area contributed by atoms with E-state index >= 15 is 0 Å². The van der Waals surface area contributed by atoms with Gasteiger partial charge in [-0.3, -0.25) is 4.79 Å². The summed E-state index contributed by atoms with van der Waals surface area (Å²) in [7, 11) is 0. The first-order valence-electron chi connectivity index (χ1n) is 8.89. The molecule has 4 heteroatoms. The van der Waals surface area contributed by atoms with Gasteiger partial charge in [0.15, 0.2) is 0 Å². The third-order valence-electron chi connectivity index (χ3n) is 5.83. The Morgan fingerprint density at radius 2 is 2.00 bits per heavy atom. The first-order chi connectivity index (χ1) is 10.1. The Kier molecular flexibility index (Phi) is 6.06. The smallest absolute Gasteiger partial charge is 0.238 e. The van der Waals surface area contributed by atoms with Gasteiger partial charge in [-0.2, -0.15) is 0 Å². The van der Waals surface area contributed by atoms with E-state index in [0.717, 1.165) is 44.7 Å². The molecule has 2 rings (SSSR count). The van der Waals surface area contributed by atoms with E-state index in [-0.39, 0.29) is 5.91 Å². The summed E-state index contributed by atoms with van der Waals surface area (Å²) >= 11 is 0. The number of nitrogens with one attached hydrogen (secondary N) is 1. The highest BCUT2D eigenvalue weighted by Crippen LogP contribution is 2.38. The van der Waals surface area contributed by atoms with Crippen LogP contribution in [0, 0.1) is 11.8 Å². The summed E-state index contributed by atoms with van der Waals surface area (Å²) < 4.78 is 0. The molecule has 3 N–H and O–H groups in total. The van der Waals surface area contributed by atoms with Gasteiger partial charge in [0, 0.05) is 0 Å². The number of primary amides is 1. The number of amides is 1. The van der Waals surface area contributed by atoms with Gasteiger partial charge in [0.25, 0.3) is 0 Å². The van der Waals surface area contributed by atoms with E-state index in [2.05, 4.69) is 24.1 Å². The third kappa shape index (κ3) is 3.78. The maximum absolute atomic E-state index is 12.0. The number of carbonyl (C=O) groups is 1. The number of hydrogen-bond donors (Lipinski definition) is 2. The monoisotopic (exact) mass is 295 g/mol. The number of likely N-dealkylation sites (N-methyl/N-ethyl adjacent to an activating group) is 1. The molecule has 0 bridgehead atoms. The predicted molar refractivity (Wildman–Crippen MR) is 87.0 cm³/mol. The molecule has 1 aliphatic carbocycles. The molecule has 1 saturated carbocycles. The van der Waals surface area contributed by atoms with Gasteiger partial charge in [-0.15, -0.1) is 0 Å². The maximum atomic E-state index is 12.0. The van der Waals surface area contributed by atoms with Gasteiger partial charge in [0.2, 0.25) is 5.91 Å². The SMILES string of the molecule is CCNC1(C(N)=O)CCCC1CCN1CCC(CC)CC1. The molecule has 2 aliphatic rings. The van der Waals surface area contributed by atoms with Crippen LogP contribution in [-0.2, 0) is 4.79 Å². The second-order valence-electron chi connectivity index (χ2n) is 6.94. The van der Waals surface area contributed by atoms with Crippen LogP contribution < -0.4 is 11.1 Å². The van der Waals surface area contributed by atoms with Gasteiger partial charge in [0.1, 0.15) is 5.54 Å². The van der Waals surface area contributed by atoms with Crippen LogP contribution in [0.15, 0.2) is 0 Å². The molecule has 2 unspecified atom stereocenters. The third-order valence-corrected chi connectivity index (χ3v) is 5.83. The van der Waals surface area contributed by atoms with Crippen LogP contribution in [0.4, 0.5) is 0 Å². The average Bonchev–Trinajstić information content (AvgIpc) is 2.90. The van der Waals surface area contributed by atoms with Crippen molar-refractivity contribution in [3.63, 3.8) is 0 Å². The molecular weight excluding hydrogens is 262 g/mol. The van der Waals surface area contributed by atoms with E-state index in [0.29, 0.717) is 5.92 Å². The van der Waals surface area contributed by atoms with Crippen LogP contribution >= 0.6 is 0 Å². The average molecular weight is 295 g/mol. The normalized spacial score (nSPS) is 31.6. The lowest BCUT2D eigenvalue weighted by Crippen LogP contribution is -2.58. The highest BCUT2D eigenvalue weighted by Gasteiger charge is 2.46. The zero-order valence-electron chi connectivity index (χ0n) is 13.9. The van der Waals surface area contributed by atoms with Crippen molar-refractivity contribution in [2.24, 2.45) is 17.6 Å². The Labute approximate surface area is 129 Å². The number of rotatable bonds is 7. The van der Waals surface area contributed by atoms with Crippen molar-refractivity contribution in [1.82, 2.24) is 10.2 Å². The van der Waals surface area contributed by atoms with Crippen LogP contribution in [-0.4, -0.2) is 42.5 Å². The molecule has 0 radical (unpaired) electrons. The first kappa shape index (κ1) is 16.8. The van der Waals surface area contributed by atoms with E-state index in [9.17, 15) is 4.79 Å². The minimum atomic E-state index is -0.434. The van der Waals surface area contributed by atoms with Gasteiger partial charge < -0.3 is 16.0 Å². The van der Waals surface area contributed by atoms with Gasteiger partial charge in [-0.05, 0) is 70.1 Å². The van der Waals surface area contributed by atoms with Gasteiger partial charge in [0.05, 0.1) is 0 Å². The van der Waals surface area contributed by atoms with Crippen molar-refractivity contribution in [2.75, 3.05) is 26.2 Å². The standard InChI is InChI=1S/C17H33N3O/c1-3-14-7-11-20(12-8-14)13-9-15-6-5-10-17(15,16(18)21)19-4-2/h14-15,19H,3-13H2,1-2H3,(H2,18,21). The molecule has 0 aromatic carbocycles. The molecule has 2 fully saturated rings. The fraction of sp³-hybridized carbons (Fsp3) is 0.941. The largest absolute Gasteiger partial charge is 0.368 e. The Hall–Kier alpha value is -0.610. The number of carbonyl (C=O) groups excluding carboxylic acids is 1. The predicted octanol–water partition coefficient (Wildman–Crippen LogP) is 2.13. The number of nitrogens with zero attached hydrogens (tertiary/aromatic N) is 1. The summed E-state index contributed by atoms with van der Waals surface area (Å²) in [5.41, 5.74) is 5.31. The zero-order chi connectivity index (χ0) is 15.3. The molecule has 1 heterocycles. The highest BCUT2D eigenvalue weighted by atomic mass is 16.1. The highest BCUT2D eigenvalue weighted by molar-refractivity contribution is 5.85. The Bertz CT molecular complexity index is 339. The summed E-state index contributed by atoms with van der Waals surface area (Å²) in [6, 6.07) is 0. The molecule has 1 aliphatic heterocycles. The molecule has 0 spiro atoms. The summed E-state index contributed by atoms with van der Waals surface area (Å²) in [6.07, 6.45) is 8.29. The molecule has 122 valence electrons. The lowest BCUT2D eigenvalue weighted by Gasteiger charge is -2.36. The van der Waals surface area contributed by atoms with Crippen LogP contribution in [0.25, 0.3) is 0 Å². The number of likely N-dealkylation sites (tertiary alicyclic amines) is 1. The summed E-state index contributed by atoms with van der Waals surface area (Å²) in [4.78, 5) is 14.6. The van der Waals surface area contributed by atoms with Crippen molar-refractivity contribution in [2.45, 2.75) is 64.3 Å². The zero-order valence-corrected chi connectivity index (χ0v) is 13.9. The number of hydrogen-bond acceptors (Lipinski definition) is 3. The summed E-state index contributed by atoms with van der Waals surface area (Å²) in [6.45, 7) is 8.78. The fourth-order valence-electron chi connectivity index (χ4n) is 4.38. The fourth-order valence-corrected chi connectivity index (χ4v) is 4.38. The molecule has 21 heavy (non-hydrogen) atoms. The number of piperidine rings is 1. The first-order valence-corrected chi connectivity index (χ1v) is 8.89. The lowest BCUT2D eigenvalue weighted by molar-refractivity contribution is -0.126. The Morgan fingerprint density at radius 3 is 2.57 bits per heavy atom. The van der Waals surface area contributed by atoms with E-state index in [1.165, 1.54) is 32.4 Å². The van der Waals surface area contributed by atoms with Crippen molar-refractivity contribution in [1.29, 1.82) is 0 Å². The van der Waals surface area contributed by atoms with E-state index < -0.39 is 5.54 Å². The molecule has 0 aromatic heterocycles. The van der Waals surface area contributed by atoms with Gasteiger partial charge in [-0.25, -0.2) is 0 Å². The quantitative estimate of drug-likeness (QED) is 0.756. The Morgan fingerprint density at radius 1 is 1.29 bits per heavy atom.